The van der Waals surface area contributed by atoms with Crippen LogP contribution in [-0.4, -0.2) is 29.5 Å². The number of nitrogens with two attached hydrogens (primary N) is 1. The first kappa shape index (κ1) is 18.1. The molecule has 0 radical (unpaired) electrons. The molecule has 1 heterocycles. The Labute approximate surface area is 156 Å². The fourth-order valence-electron chi connectivity index (χ4n) is 2.65. The lowest BCUT2D eigenvalue weighted by Crippen LogP contribution is -2.45. The summed E-state index contributed by atoms with van der Waals surface area (Å²) in [6, 6.07) is 15.1. The van der Waals surface area contributed by atoms with Crippen LogP contribution < -0.4 is 21.6 Å². The highest BCUT2D eigenvalue weighted by atomic mass is 16.2. The van der Waals surface area contributed by atoms with Gasteiger partial charge in [0.1, 0.15) is 11.8 Å². The Morgan fingerprint density at radius 1 is 1.00 bits per heavy atom. The van der Waals surface area contributed by atoms with Crippen molar-refractivity contribution in [3.05, 3.63) is 65.7 Å². The van der Waals surface area contributed by atoms with Crippen LogP contribution in [-0.2, 0) is 9.59 Å². The number of anilines is 1. The zero-order valence-corrected chi connectivity index (χ0v) is 14.7. The molecule has 2 aromatic carbocycles. The predicted molar refractivity (Wildman–Crippen MR) is 101 cm³/mol. The summed E-state index contributed by atoms with van der Waals surface area (Å²) in [5, 5.41) is 5.62. The van der Waals surface area contributed by atoms with E-state index in [4.69, 9.17) is 5.73 Å². The highest BCUT2D eigenvalue weighted by Crippen LogP contribution is 2.24. The van der Waals surface area contributed by atoms with Gasteiger partial charge < -0.3 is 5.73 Å². The molecule has 1 atom stereocenters. The molecule has 8 nitrogen and oxygen atoms in total. The summed E-state index contributed by atoms with van der Waals surface area (Å²) in [4.78, 5) is 36.2. The number of benzene rings is 2. The second kappa shape index (κ2) is 7.69. The highest BCUT2D eigenvalue weighted by Gasteiger charge is 2.35. The van der Waals surface area contributed by atoms with Crippen LogP contribution in [0.25, 0.3) is 0 Å². The lowest BCUT2D eigenvalue weighted by atomic mass is 10.1. The molecule has 0 saturated heterocycles. The zero-order valence-electron chi connectivity index (χ0n) is 14.7. The number of primary amides is 1. The van der Waals surface area contributed by atoms with E-state index in [0.29, 0.717) is 11.3 Å². The maximum absolute atomic E-state index is 12.3. The Morgan fingerprint density at radius 2 is 1.63 bits per heavy atom. The van der Waals surface area contributed by atoms with Crippen molar-refractivity contribution in [1.29, 1.82) is 0 Å². The molecule has 2 aromatic rings. The Bertz CT molecular complexity index is 893. The summed E-state index contributed by atoms with van der Waals surface area (Å²) in [7, 11) is 0. The molecule has 0 bridgehead atoms. The summed E-state index contributed by atoms with van der Waals surface area (Å²) in [5.41, 5.74) is 12.3. The number of hydrazone groups is 1. The van der Waals surface area contributed by atoms with Crippen LogP contribution in [0.4, 0.5) is 5.69 Å². The van der Waals surface area contributed by atoms with E-state index < -0.39 is 23.8 Å². The van der Waals surface area contributed by atoms with Gasteiger partial charge in [0.25, 0.3) is 11.8 Å². The molecule has 8 heteroatoms. The molecule has 0 fully saturated rings. The molecule has 0 spiro atoms. The normalized spacial score (nSPS) is 15.8. The van der Waals surface area contributed by atoms with E-state index in [1.54, 1.807) is 48.5 Å². The largest absolute Gasteiger partial charge is 0.368 e. The smallest absolute Gasteiger partial charge is 0.285 e. The molecule has 0 saturated carbocycles. The number of carbonyl (C=O) groups is 3. The Morgan fingerprint density at radius 3 is 2.26 bits per heavy atom. The number of amides is 3. The van der Waals surface area contributed by atoms with Crippen molar-refractivity contribution in [3.63, 3.8) is 0 Å². The van der Waals surface area contributed by atoms with Crippen LogP contribution >= 0.6 is 0 Å². The van der Waals surface area contributed by atoms with Crippen LogP contribution in [0.2, 0.25) is 0 Å². The van der Waals surface area contributed by atoms with Crippen molar-refractivity contribution in [2.45, 2.75) is 19.4 Å². The standard InChI is InChI=1S/C19H19N5O3/c1-12-7-9-13(10-8-12)18(26)21-22-19(27)15-11-16(17(20)25)24(23-15)14-5-3-2-4-6-14/h2-10,16H,11H2,1H3,(H2,20,25)(H,21,26)(H,22,27). The molecule has 138 valence electrons. The van der Waals surface area contributed by atoms with E-state index in [2.05, 4.69) is 16.0 Å². The molecule has 1 aliphatic heterocycles. The number of hydrogen-bond acceptors (Lipinski definition) is 5. The van der Waals surface area contributed by atoms with Gasteiger partial charge in [0.05, 0.1) is 5.69 Å². The van der Waals surface area contributed by atoms with E-state index in [9.17, 15) is 14.4 Å². The molecule has 4 N–H and O–H groups in total. The number of carbonyl (C=O) groups excluding carboxylic acids is 3. The molecule has 3 amide bonds. The fourth-order valence-corrected chi connectivity index (χ4v) is 2.65. The third kappa shape index (κ3) is 4.12. The van der Waals surface area contributed by atoms with Gasteiger partial charge in [-0.15, -0.1) is 0 Å². The number of nitrogens with one attached hydrogen (secondary N) is 2. The number of para-hydroxylation sites is 1. The Hall–Kier alpha value is -3.68. The lowest BCUT2D eigenvalue weighted by Gasteiger charge is -2.20. The highest BCUT2D eigenvalue weighted by molar-refractivity contribution is 6.40. The average molecular weight is 365 g/mol. The lowest BCUT2D eigenvalue weighted by molar-refractivity contribution is -0.119. The van der Waals surface area contributed by atoms with E-state index in [1.807, 2.05) is 13.0 Å². The van der Waals surface area contributed by atoms with Crippen molar-refractivity contribution in [3.8, 4) is 0 Å². The van der Waals surface area contributed by atoms with Gasteiger partial charge in [0, 0.05) is 12.0 Å². The van der Waals surface area contributed by atoms with Crippen LogP contribution in [0.5, 0.6) is 0 Å². The van der Waals surface area contributed by atoms with Gasteiger partial charge in [-0.3, -0.25) is 30.2 Å². The number of rotatable bonds is 4. The van der Waals surface area contributed by atoms with Gasteiger partial charge in [-0.2, -0.15) is 5.10 Å². The third-order valence-electron chi connectivity index (χ3n) is 4.12. The SMILES string of the molecule is Cc1ccc(C(=O)NNC(=O)C2=NN(c3ccccc3)C(C(N)=O)C2)cc1. The van der Waals surface area contributed by atoms with Gasteiger partial charge in [-0.1, -0.05) is 35.9 Å². The second-order valence-electron chi connectivity index (χ2n) is 6.12. The molecule has 1 unspecified atom stereocenters. The third-order valence-corrected chi connectivity index (χ3v) is 4.12. The predicted octanol–water partition coefficient (Wildman–Crippen LogP) is 0.876. The summed E-state index contributed by atoms with van der Waals surface area (Å²) in [6.45, 7) is 1.91. The minimum atomic E-state index is -0.763. The summed E-state index contributed by atoms with van der Waals surface area (Å²) in [6.07, 6.45) is 0.0520. The topological polar surface area (TPSA) is 117 Å². The van der Waals surface area contributed by atoms with Crippen LogP contribution in [0.15, 0.2) is 59.7 Å². The molecule has 3 rings (SSSR count). The van der Waals surface area contributed by atoms with Gasteiger partial charge >= 0.3 is 0 Å². The van der Waals surface area contributed by atoms with E-state index in [0.717, 1.165) is 5.56 Å². The first-order chi connectivity index (χ1) is 13.0. The molecular formula is C19H19N5O3. The van der Waals surface area contributed by atoms with Gasteiger partial charge in [-0.25, -0.2) is 0 Å². The van der Waals surface area contributed by atoms with E-state index >= 15 is 0 Å². The minimum Gasteiger partial charge on any atom is -0.368 e. The van der Waals surface area contributed by atoms with Crippen LogP contribution in [0, 0.1) is 6.92 Å². The van der Waals surface area contributed by atoms with Crippen LogP contribution in [0.3, 0.4) is 0 Å². The molecule has 0 aliphatic carbocycles. The molecule has 0 aromatic heterocycles. The maximum atomic E-state index is 12.3. The van der Waals surface area contributed by atoms with E-state index in [1.165, 1.54) is 5.01 Å². The monoisotopic (exact) mass is 365 g/mol. The molecule has 1 aliphatic rings. The number of aryl methyl sites for hydroxylation is 1. The van der Waals surface area contributed by atoms with Gasteiger partial charge in [0.2, 0.25) is 5.91 Å². The van der Waals surface area contributed by atoms with Crippen molar-refractivity contribution < 1.29 is 14.4 Å². The fraction of sp³-hybridized carbons (Fsp3) is 0.158. The maximum Gasteiger partial charge on any atom is 0.285 e. The quantitative estimate of drug-likeness (QED) is 0.697. The van der Waals surface area contributed by atoms with Crippen molar-refractivity contribution >= 4 is 29.1 Å². The van der Waals surface area contributed by atoms with Crippen LogP contribution in [0.1, 0.15) is 22.3 Å². The van der Waals surface area contributed by atoms with Crippen molar-refractivity contribution in [2.24, 2.45) is 10.8 Å². The van der Waals surface area contributed by atoms with Crippen molar-refractivity contribution in [2.75, 3.05) is 5.01 Å². The van der Waals surface area contributed by atoms with E-state index in [-0.39, 0.29) is 12.1 Å². The Balaban J connectivity index is 1.68. The zero-order chi connectivity index (χ0) is 19.4. The number of hydrogen-bond donors (Lipinski definition) is 3. The Kier molecular flexibility index (Phi) is 5.16. The summed E-state index contributed by atoms with van der Waals surface area (Å²) < 4.78 is 0. The van der Waals surface area contributed by atoms with Gasteiger partial charge in [0.15, 0.2) is 0 Å². The first-order valence-corrected chi connectivity index (χ1v) is 8.34. The number of hydrazine groups is 1. The number of nitrogens with zero attached hydrogens (tertiary/aromatic N) is 2. The summed E-state index contributed by atoms with van der Waals surface area (Å²) >= 11 is 0. The summed E-state index contributed by atoms with van der Waals surface area (Å²) in [5.74, 6) is -1.64. The average Bonchev–Trinajstić information content (AvgIpc) is 3.13. The van der Waals surface area contributed by atoms with Crippen molar-refractivity contribution in [1.82, 2.24) is 10.9 Å². The van der Waals surface area contributed by atoms with Gasteiger partial charge in [-0.05, 0) is 31.2 Å². The second-order valence-corrected chi connectivity index (χ2v) is 6.12. The first-order valence-electron chi connectivity index (χ1n) is 8.34. The molecular weight excluding hydrogens is 346 g/mol. The minimum absolute atomic E-state index is 0.0520. The molecule has 27 heavy (non-hydrogen) atoms.